The van der Waals surface area contributed by atoms with E-state index in [1.807, 2.05) is 0 Å². The van der Waals surface area contributed by atoms with E-state index in [9.17, 15) is 0 Å². The molecule has 322 valence electrons. The van der Waals surface area contributed by atoms with Gasteiger partial charge in [-0.15, -0.1) is 0 Å². The molecule has 0 bridgehead atoms. The van der Waals surface area contributed by atoms with Crippen molar-refractivity contribution in [3.05, 3.63) is 226 Å². The van der Waals surface area contributed by atoms with Gasteiger partial charge in [-0.3, -0.25) is 0 Å². The highest BCUT2D eigenvalue weighted by molar-refractivity contribution is 5.93. The quantitative estimate of drug-likeness (QED) is 0.165. The van der Waals surface area contributed by atoms with Gasteiger partial charge in [0.25, 0.3) is 0 Å². The fraction of sp³-hybridized carbons (Fsp3) is 0.164. The summed E-state index contributed by atoms with van der Waals surface area (Å²) in [5.41, 5.74) is 28.9. The smallest absolute Gasteiger partial charge is 0.0159 e. The highest BCUT2D eigenvalue weighted by atomic mass is 14.4. The summed E-state index contributed by atoms with van der Waals surface area (Å²) in [5, 5.41) is 5.16. The highest BCUT2D eigenvalue weighted by Crippen LogP contribution is 2.55. The third-order valence-corrected chi connectivity index (χ3v) is 16.4. The summed E-state index contributed by atoms with van der Waals surface area (Å²) in [5.74, 6) is 0. The zero-order valence-corrected chi connectivity index (χ0v) is 39.8. The second-order valence-corrected chi connectivity index (χ2v) is 21.6. The first-order chi connectivity index (χ1) is 32.2. The molecule has 0 radical (unpaired) electrons. The molecule has 0 saturated carbocycles. The minimum atomic E-state index is -0.148. The normalized spacial score (nSPS) is 15.2. The van der Waals surface area contributed by atoms with Crippen LogP contribution in [0.5, 0.6) is 0 Å². The Hall–Kier alpha value is -7.28. The zero-order valence-electron chi connectivity index (χ0n) is 39.8. The van der Waals surface area contributed by atoms with Crippen LogP contribution in [0, 0.1) is 13.8 Å². The summed E-state index contributed by atoms with van der Waals surface area (Å²) < 4.78 is 0. The molecular weight excluding hydrogens is 805 g/mol. The third-order valence-electron chi connectivity index (χ3n) is 16.4. The molecule has 0 aliphatic heterocycles. The van der Waals surface area contributed by atoms with Gasteiger partial charge in [0.1, 0.15) is 0 Å². The Morgan fingerprint density at radius 3 is 0.657 bits per heavy atom. The zero-order chi connectivity index (χ0) is 45.7. The predicted molar refractivity (Wildman–Crippen MR) is 285 cm³/mol. The van der Waals surface area contributed by atoms with Crippen LogP contribution in [0.25, 0.3) is 99.4 Å². The Balaban J connectivity index is 0.793. The maximum Gasteiger partial charge on any atom is 0.0159 e. The SMILES string of the molecule is Cc1ccc2cc(-c3ccc4c(c3)C(C)(C)c3cc(-c5ccc6c(c5)C(C)(C)c5cc(-c7ccc8c(c7)C(C)(C)c7cc(-c9ccc%10cc(C)ccc%10c9)ccc7-8)ccc5-6)ccc3-4)ccc2c1. The topological polar surface area (TPSA) is 0 Å². The van der Waals surface area contributed by atoms with E-state index in [0.717, 1.165) is 0 Å². The Kier molecular flexibility index (Phi) is 8.29. The third kappa shape index (κ3) is 5.91. The molecule has 0 spiro atoms. The van der Waals surface area contributed by atoms with E-state index in [-0.39, 0.29) is 16.2 Å². The second kappa shape index (κ2) is 13.9. The Morgan fingerprint density at radius 1 is 0.209 bits per heavy atom. The number of fused-ring (bicyclic) bond motifs is 11. The van der Waals surface area contributed by atoms with Gasteiger partial charge in [-0.2, -0.15) is 0 Å². The van der Waals surface area contributed by atoms with Crippen molar-refractivity contribution < 1.29 is 0 Å². The molecule has 0 heteroatoms. The summed E-state index contributed by atoms with van der Waals surface area (Å²) in [4.78, 5) is 0. The van der Waals surface area contributed by atoms with E-state index in [1.165, 1.54) is 144 Å². The van der Waals surface area contributed by atoms with Crippen molar-refractivity contribution in [2.45, 2.75) is 71.6 Å². The van der Waals surface area contributed by atoms with E-state index >= 15 is 0 Å². The number of aryl methyl sites for hydroxylation is 2. The van der Waals surface area contributed by atoms with Gasteiger partial charge in [-0.1, -0.05) is 186 Å². The van der Waals surface area contributed by atoms with Gasteiger partial charge in [-0.05, 0) is 195 Å². The van der Waals surface area contributed by atoms with Gasteiger partial charge in [0.2, 0.25) is 0 Å². The lowest BCUT2D eigenvalue weighted by Gasteiger charge is -2.24. The van der Waals surface area contributed by atoms with Crippen LogP contribution in [0.3, 0.4) is 0 Å². The van der Waals surface area contributed by atoms with Gasteiger partial charge in [0.05, 0.1) is 0 Å². The summed E-state index contributed by atoms with van der Waals surface area (Å²) >= 11 is 0. The van der Waals surface area contributed by atoms with Gasteiger partial charge in [0.15, 0.2) is 0 Å². The molecule has 0 atom stereocenters. The minimum absolute atomic E-state index is 0.122. The molecule has 67 heavy (non-hydrogen) atoms. The molecule has 0 fully saturated rings. The molecule has 13 rings (SSSR count). The van der Waals surface area contributed by atoms with E-state index in [0.29, 0.717) is 0 Å². The molecule has 10 aromatic rings. The van der Waals surface area contributed by atoms with E-state index < -0.39 is 0 Å². The maximum atomic E-state index is 2.48. The molecular formula is C67H54. The summed E-state index contributed by atoms with van der Waals surface area (Å²) in [7, 11) is 0. The van der Waals surface area contributed by atoms with Crippen molar-refractivity contribution in [2.75, 3.05) is 0 Å². The molecule has 3 aliphatic rings. The summed E-state index contributed by atoms with van der Waals surface area (Å²) in [6, 6.07) is 70.2. The van der Waals surface area contributed by atoms with Gasteiger partial charge >= 0.3 is 0 Å². The lowest BCUT2D eigenvalue weighted by molar-refractivity contribution is 0.659. The van der Waals surface area contributed by atoms with Crippen molar-refractivity contribution in [2.24, 2.45) is 0 Å². The first kappa shape index (κ1) is 40.0. The molecule has 0 amide bonds. The fourth-order valence-electron chi connectivity index (χ4n) is 12.4. The van der Waals surface area contributed by atoms with Crippen LogP contribution in [0.2, 0.25) is 0 Å². The highest BCUT2D eigenvalue weighted by Gasteiger charge is 2.39. The number of hydrogen-bond acceptors (Lipinski definition) is 0. The molecule has 0 N–H and O–H groups in total. The van der Waals surface area contributed by atoms with Gasteiger partial charge in [-0.25, -0.2) is 0 Å². The standard InChI is InChI=1S/C67H54/c1-39-9-11-43-31-45(15-13-41(43)29-39)47-17-23-53-55-25-19-49(35-61(55)65(3,4)59(53)33-47)51-21-27-57-58-28-22-52(38-64(58)67(7,8)63(57)37-51)50-20-26-56-54-24-18-48(34-60(54)66(5,6)62(56)36-50)46-16-14-42-30-40(2)10-12-44(42)32-46/h9-38H,1-8H3. The van der Waals surface area contributed by atoms with Crippen LogP contribution in [0.1, 0.15) is 86.1 Å². The Labute approximate surface area is 395 Å². The largest absolute Gasteiger partial charge is 0.0587 e. The predicted octanol–water partition coefficient (Wildman–Crippen LogP) is 18.2. The van der Waals surface area contributed by atoms with Crippen molar-refractivity contribution >= 4 is 21.5 Å². The molecule has 3 aliphatic carbocycles. The molecule has 0 nitrogen and oxygen atoms in total. The van der Waals surface area contributed by atoms with E-state index in [1.54, 1.807) is 0 Å². The Bertz CT molecular complexity index is 3540. The van der Waals surface area contributed by atoms with Crippen LogP contribution >= 0.6 is 0 Å². The maximum absolute atomic E-state index is 2.48. The number of rotatable bonds is 4. The molecule has 0 heterocycles. The van der Waals surface area contributed by atoms with Crippen molar-refractivity contribution in [1.29, 1.82) is 0 Å². The molecule has 0 aromatic heterocycles. The molecule has 0 saturated heterocycles. The second-order valence-electron chi connectivity index (χ2n) is 21.6. The van der Waals surface area contributed by atoms with Crippen LogP contribution in [0.4, 0.5) is 0 Å². The summed E-state index contributed by atoms with van der Waals surface area (Å²) in [6.07, 6.45) is 0. The van der Waals surface area contributed by atoms with Crippen molar-refractivity contribution in [3.63, 3.8) is 0 Å². The van der Waals surface area contributed by atoms with Crippen LogP contribution in [0.15, 0.2) is 182 Å². The fourth-order valence-corrected chi connectivity index (χ4v) is 12.4. The summed E-state index contributed by atoms with van der Waals surface area (Å²) in [6.45, 7) is 18.8. The van der Waals surface area contributed by atoms with Crippen LogP contribution in [-0.2, 0) is 16.2 Å². The van der Waals surface area contributed by atoms with Gasteiger partial charge in [0, 0.05) is 16.2 Å². The minimum Gasteiger partial charge on any atom is -0.0587 e. The average Bonchev–Trinajstić information content (AvgIpc) is 3.81. The average molecular weight is 859 g/mol. The number of hydrogen-bond donors (Lipinski definition) is 0. The first-order valence-corrected chi connectivity index (χ1v) is 24.1. The monoisotopic (exact) mass is 858 g/mol. The number of benzene rings is 10. The van der Waals surface area contributed by atoms with Gasteiger partial charge < -0.3 is 0 Å². The molecule has 0 unspecified atom stereocenters. The van der Waals surface area contributed by atoms with Crippen molar-refractivity contribution in [1.82, 2.24) is 0 Å². The van der Waals surface area contributed by atoms with Crippen LogP contribution < -0.4 is 0 Å². The van der Waals surface area contributed by atoms with Crippen LogP contribution in [-0.4, -0.2) is 0 Å². The molecule has 10 aromatic carbocycles. The first-order valence-electron chi connectivity index (χ1n) is 24.1. The Morgan fingerprint density at radius 2 is 0.403 bits per heavy atom. The lowest BCUT2D eigenvalue weighted by Crippen LogP contribution is -2.16. The lowest BCUT2D eigenvalue weighted by atomic mass is 9.79. The van der Waals surface area contributed by atoms with Crippen molar-refractivity contribution in [3.8, 4) is 77.9 Å². The van der Waals surface area contributed by atoms with E-state index in [4.69, 9.17) is 0 Å². The van der Waals surface area contributed by atoms with E-state index in [2.05, 4.69) is 237 Å².